The van der Waals surface area contributed by atoms with Crippen molar-refractivity contribution < 1.29 is 15.0 Å². The molecule has 4 nitrogen and oxygen atoms in total. The van der Waals surface area contributed by atoms with Crippen LogP contribution in [0.25, 0.3) is 0 Å². The van der Waals surface area contributed by atoms with Crippen molar-refractivity contribution in [3.8, 4) is 11.5 Å². The van der Waals surface area contributed by atoms with E-state index in [1.807, 2.05) is 0 Å². The Kier molecular flexibility index (Phi) is 3.44. The quantitative estimate of drug-likeness (QED) is 0.652. The van der Waals surface area contributed by atoms with Gasteiger partial charge in [0.2, 0.25) is 5.91 Å². The number of phenols is 2. The first-order chi connectivity index (χ1) is 12.0. The van der Waals surface area contributed by atoms with Gasteiger partial charge in [-0.05, 0) is 53.6 Å². The SMILES string of the molecule is O=C1Nc2ccc(Cl)cc2C1(c1ccc(O)cc1)c1ccc(O)cc1. The number of rotatable bonds is 2. The number of anilines is 1. The molecule has 1 aliphatic rings. The lowest BCUT2D eigenvalue weighted by molar-refractivity contribution is -0.118. The van der Waals surface area contributed by atoms with Crippen LogP contribution in [0.5, 0.6) is 11.5 Å². The van der Waals surface area contributed by atoms with E-state index in [1.54, 1.807) is 66.7 Å². The molecule has 0 aliphatic carbocycles. The summed E-state index contributed by atoms with van der Waals surface area (Å²) < 4.78 is 0. The van der Waals surface area contributed by atoms with E-state index in [9.17, 15) is 15.0 Å². The Hall–Kier alpha value is -2.98. The Labute approximate surface area is 149 Å². The second kappa shape index (κ2) is 5.53. The number of benzene rings is 3. The predicted molar refractivity (Wildman–Crippen MR) is 96.2 cm³/mol. The van der Waals surface area contributed by atoms with Gasteiger partial charge in [0, 0.05) is 16.3 Å². The van der Waals surface area contributed by atoms with E-state index in [4.69, 9.17) is 11.6 Å². The fourth-order valence-corrected chi connectivity index (χ4v) is 3.61. The van der Waals surface area contributed by atoms with Crippen LogP contribution in [0.1, 0.15) is 16.7 Å². The second-order valence-corrected chi connectivity index (χ2v) is 6.42. The largest absolute Gasteiger partial charge is 0.508 e. The summed E-state index contributed by atoms with van der Waals surface area (Å²) in [5, 5.41) is 22.7. The minimum atomic E-state index is -1.11. The third kappa shape index (κ3) is 2.26. The second-order valence-electron chi connectivity index (χ2n) is 5.99. The van der Waals surface area contributed by atoms with Crippen LogP contribution in [0.4, 0.5) is 5.69 Å². The zero-order chi connectivity index (χ0) is 17.6. The van der Waals surface area contributed by atoms with Crippen LogP contribution < -0.4 is 5.32 Å². The molecule has 0 atom stereocenters. The first-order valence-electron chi connectivity index (χ1n) is 7.72. The van der Waals surface area contributed by atoms with Crippen molar-refractivity contribution in [3.05, 3.63) is 88.4 Å². The number of aromatic hydroxyl groups is 2. The average molecular weight is 352 g/mol. The summed E-state index contributed by atoms with van der Waals surface area (Å²) in [5.41, 5.74) is 1.72. The molecule has 0 saturated heterocycles. The monoisotopic (exact) mass is 351 g/mol. The van der Waals surface area contributed by atoms with Crippen molar-refractivity contribution in [2.45, 2.75) is 5.41 Å². The normalized spacial score (nSPS) is 14.8. The molecule has 0 aromatic heterocycles. The number of phenolic OH excluding ortho intramolecular Hbond substituents is 2. The maximum atomic E-state index is 13.2. The summed E-state index contributed by atoms with van der Waals surface area (Å²) in [4.78, 5) is 13.2. The van der Waals surface area contributed by atoms with E-state index in [-0.39, 0.29) is 17.4 Å². The number of fused-ring (bicyclic) bond motifs is 1. The van der Waals surface area contributed by atoms with Gasteiger partial charge in [-0.25, -0.2) is 0 Å². The van der Waals surface area contributed by atoms with Gasteiger partial charge in [0.05, 0.1) is 0 Å². The highest BCUT2D eigenvalue weighted by molar-refractivity contribution is 6.31. The summed E-state index contributed by atoms with van der Waals surface area (Å²) in [7, 11) is 0. The number of hydrogen-bond acceptors (Lipinski definition) is 3. The Morgan fingerprint density at radius 1 is 0.800 bits per heavy atom. The molecule has 1 aliphatic heterocycles. The number of nitrogens with one attached hydrogen (secondary N) is 1. The van der Waals surface area contributed by atoms with E-state index >= 15 is 0 Å². The van der Waals surface area contributed by atoms with Crippen molar-refractivity contribution in [2.75, 3.05) is 5.32 Å². The molecule has 4 rings (SSSR count). The van der Waals surface area contributed by atoms with Gasteiger partial charge in [0.15, 0.2) is 0 Å². The van der Waals surface area contributed by atoms with Gasteiger partial charge in [0.1, 0.15) is 16.9 Å². The molecule has 0 saturated carbocycles. The van der Waals surface area contributed by atoms with Gasteiger partial charge in [-0.2, -0.15) is 0 Å². The molecular formula is C20H14ClNO3. The Morgan fingerprint density at radius 3 is 1.84 bits per heavy atom. The maximum Gasteiger partial charge on any atom is 0.244 e. The van der Waals surface area contributed by atoms with Crippen molar-refractivity contribution in [1.82, 2.24) is 0 Å². The molecular weight excluding hydrogens is 338 g/mol. The average Bonchev–Trinajstić information content (AvgIpc) is 2.89. The third-order valence-electron chi connectivity index (χ3n) is 4.58. The smallest absolute Gasteiger partial charge is 0.244 e. The number of hydrogen-bond donors (Lipinski definition) is 3. The standard InChI is InChI=1S/C20H14ClNO3/c21-14-5-10-18-17(11-14)20(19(25)22-18,12-1-6-15(23)7-2-12)13-3-8-16(24)9-4-13/h1-11,23-24H,(H,22,25). The van der Waals surface area contributed by atoms with E-state index < -0.39 is 5.41 Å². The summed E-state index contributed by atoms with van der Waals surface area (Å²) in [6.45, 7) is 0. The number of carbonyl (C=O) groups is 1. The fourth-order valence-electron chi connectivity index (χ4n) is 3.44. The zero-order valence-corrected chi connectivity index (χ0v) is 13.8. The first-order valence-corrected chi connectivity index (χ1v) is 8.10. The van der Waals surface area contributed by atoms with E-state index in [1.165, 1.54) is 0 Å². The molecule has 124 valence electrons. The summed E-state index contributed by atoms with van der Waals surface area (Å²) >= 11 is 6.20. The lowest BCUT2D eigenvalue weighted by Gasteiger charge is -2.29. The zero-order valence-electron chi connectivity index (χ0n) is 13.0. The topological polar surface area (TPSA) is 69.6 Å². The first kappa shape index (κ1) is 15.5. The molecule has 5 heteroatoms. The van der Waals surface area contributed by atoms with Gasteiger partial charge in [0.25, 0.3) is 0 Å². The Bertz CT molecular complexity index is 920. The van der Waals surface area contributed by atoms with Crippen LogP contribution in [0.3, 0.4) is 0 Å². The Balaban J connectivity index is 2.07. The van der Waals surface area contributed by atoms with Crippen molar-refractivity contribution in [1.29, 1.82) is 0 Å². The van der Waals surface area contributed by atoms with Crippen LogP contribution in [-0.2, 0) is 10.2 Å². The van der Waals surface area contributed by atoms with Crippen molar-refractivity contribution in [3.63, 3.8) is 0 Å². The number of carbonyl (C=O) groups excluding carboxylic acids is 1. The van der Waals surface area contributed by atoms with Gasteiger partial charge in [-0.15, -0.1) is 0 Å². The van der Waals surface area contributed by atoms with E-state index in [0.29, 0.717) is 21.8 Å². The highest BCUT2D eigenvalue weighted by Crippen LogP contribution is 2.48. The fraction of sp³-hybridized carbons (Fsp3) is 0.0500. The molecule has 3 aromatic carbocycles. The molecule has 1 heterocycles. The molecule has 0 fully saturated rings. The van der Waals surface area contributed by atoms with Crippen LogP contribution in [0.15, 0.2) is 66.7 Å². The minimum absolute atomic E-state index is 0.120. The summed E-state index contributed by atoms with van der Waals surface area (Å²) in [6, 6.07) is 18.4. The van der Waals surface area contributed by atoms with E-state index in [0.717, 1.165) is 5.56 Å². The molecule has 1 amide bonds. The van der Waals surface area contributed by atoms with Crippen LogP contribution in [-0.4, -0.2) is 16.1 Å². The lowest BCUT2D eigenvalue weighted by atomic mass is 9.70. The predicted octanol–water partition coefficient (Wildman–Crippen LogP) is 4.04. The molecule has 0 bridgehead atoms. The molecule has 0 spiro atoms. The highest BCUT2D eigenvalue weighted by Gasteiger charge is 2.49. The van der Waals surface area contributed by atoms with Gasteiger partial charge >= 0.3 is 0 Å². The highest BCUT2D eigenvalue weighted by atomic mass is 35.5. The maximum absolute atomic E-state index is 13.2. The Morgan fingerprint density at radius 2 is 1.32 bits per heavy atom. The van der Waals surface area contributed by atoms with E-state index in [2.05, 4.69) is 5.32 Å². The number of halogens is 1. The van der Waals surface area contributed by atoms with Crippen molar-refractivity contribution >= 4 is 23.2 Å². The van der Waals surface area contributed by atoms with Crippen LogP contribution in [0, 0.1) is 0 Å². The van der Waals surface area contributed by atoms with Crippen LogP contribution in [0.2, 0.25) is 5.02 Å². The summed E-state index contributed by atoms with van der Waals surface area (Å²) in [5.74, 6) is 0.0322. The third-order valence-corrected chi connectivity index (χ3v) is 4.81. The summed E-state index contributed by atoms with van der Waals surface area (Å²) in [6.07, 6.45) is 0. The minimum Gasteiger partial charge on any atom is -0.508 e. The molecule has 0 unspecified atom stereocenters. The number of amides is 1. The van der Waals surface area contributed by atoms with Gasteiger partial charge in [-0.1, -0.05) is 35.9 Å². The molecule has 3 N–H and O–H groups in total. The molecule has 25 heavy (non-hydrogen) atoms. The molecule has 0 radical (unpaired) electrons. The van der Waals surface area contributed by atoms with Crippen LogP contribution >= 0.6 is 11.6 Å². The van der Waals surface area contributed by atoms with Crippen molar-refractivity contribution in [2.24, 2.45) is 0 Å². The van der Waals surface area contributed by atoms with Gasteiger partial charge < -0.3 is 15.5 Å². The lowest BCUT2D eigenvalue weighted by Crippen LogP contribution is -2.36. The van der Waals surface area contributed by atoms with Gasteiger partial charge in [-0.3, -0.25) is 4.79 Å². The molecule has 3 aromatic rings.